The second-order valence-corrected chi connectivity index (χ2v) is 7.15. The number of ether oxygens (including phenoxy) is 1. The molecule has 0 unspecified atom stereocenters. The predicted molar refractivity (Wildman–Crippen MR) is 109 cm³/mol. The van der Waals surface area contributed by atoms with Crippen molar-refractivity contribution < 1.29 is 26.7 Å². The van der Waals surface area contributed by atoms with Crippen molar-refractivity contribution >= 4 is 11.6 Å². The van der Waals surface area contributed by atoms with Gasteiger partial charge in [-0.15, -0.1) is 13.2 Å². The largest absolute Gasteiger partial charge is 0.573 e. The predicted octanol–water partition coefficient (Wildman–Crippen LogP) is 6.65. The number of hydrogen-bond acceptors (Lipinski definition) is 3. The molecular weight excluding hydrogens is 453 g/mol. The van der Waals surface area contributed by atoms with Gasteiger partial charge >= 0.3 is 6.36 Å². The number of aryl methyl sites for hydroxylation is 1. The Hall–Kier alpha value is -3.46. The lowest BCUT2D eigenvalue weighted by molar-refractivity contribution is -0.274. The van der Waals surface area contributed by atoms with Gasteiger partial charge in [0.1, 0.15) is 17.4 Å². The minimum atomic E-state index is -4.82. The van der Waals surface area contributed by atoms with Crippen LogP contribution in [-0.4, -0.2) is 21.1 Å². The van der Waals surface area contributed by atoms with Gasteiger partial charge < -0.3 is 4.74 Å². The van der Waals surface area contributed by atoms with Gasteiger partial charge in [0.25, 0.3) is 0 Å². The van der Waals surface area contributed by atoms with E-state index in [0.29, 0.717) is 17.0 Å². The van der Waals surface area contributed by atoms with E-state index in [4.69, 9.17) is 11.6 Å². The average molecular weight is 466 g/mol. The molecule has 4 aromatic rings. The van der Waals surface area contributed by atoms with Gasteiger partial charge in [0, 0.05) is 18.2 Å². The maximum atomic E-state index is 14.5. The van der Waals surface area contributed by atoms with E-state index in [2.05, 4.69) is 14.8 Å². The Balaban J connectivity index is 1.72. The Bertz CT molecular complexity index is 1270. The molecule has 0 spiro atoms. The molecule has 0 N–H and O–H groups in total. The van der Waals surface area contributed by atoms with Crippen molar-refractivity contribution in [3.8, 4) is 39.7 Å². The van der Waals surface area contributed by atoms with Crippen LogP contribution in [0, 0.1) is 11.6 Å². The van der Waals surface area contributed by atoms with Crippen LogP contribution in [0.3, 0.4) is 0 Å². The minimum Gasteiger partial charge on any atom is -0.406 e. The van der Waals surface area contributed by atoms with Crippen LogP contribution in [0.5, 0.6) is 5.75 Å². The van der Waals surface area contributed by atoms with Crippen LogP contribution < -0.4 is 4.74 Å². The molecule has 0 aliphatic carbocycles. The lowest BCUT2D eigenvalue weighted by atomic mass is 10.0. The Kier molecular flexibility index (Phi) is 5.60. The molecule has 4 nitrogen and oxygen atoms in total. The van der Waals surface area contributed by atoms with Crippen molar-refractivity contribution in [3.63, 3.8) is 0 Å². The van der Waals surface area contributed by atoms with Crippen molar-refractivity contribution in [2.45, 2.75) is 6.36 Å². The summed E-state index contributed by atoms with van der Waals surface area (Å²) in [5.41, 5.74) is 0.970. The molecule has 10 heteroatoms. The molecule has 0 aliphatic rings. The van der Waals surface area contributed by atoms with E-state index in [1.165, 1.54) is 53.2 Å². The lowest BCUT2D eigenvalue weighted by Crippen LogP contribution is -2.16. The highest BCUT2D eigenvalue weighted by molar-refractivity contribution is 6.33. The average Bonchev–Trinajstić information content (AvgIpc) is 3.09. The summed E-state index contributed by atoms with van der Waals surface area (Å²) < 4.78 is 71.0. The van der Waals surface area contributed by atoms with Crippen molar-refractivity contribution in [1.82, 2.24) is 14.8 Å². The topological polar surface area (TPSA) is 39.9 Å². The number of benzene rings is 3. The fraction of sp³-hybridized carbons (Fsp3) is 0.0909. The van der Waals surface area contributed by atoms with Crippen molar-refractivity contribution in [2.24, 2.45) is 7.05 Å². The number of aromatic nitrogens is 3. The van der Waals surface area contributed by atoms with Gasteiger partial charge in [-0.05, 0) is 48.0 Å². The van der Waals surface area contributed by atoms with Crippen LogP contribution in [0.25, 0.3) is 33.9 Å². The second-order valence-electron chi connectivity index (χ2n) is 6.75. The SMILES string of the molecule is Cn1nc(-c2c(F)cccc2Cl)nc1-c1ccc(F)c(-c2ccc(OC(F)(F)F)cc2)c1. The Labute approximate surface area is 183 Å². The Morgan fingerprint density at radius 3 is 2.25 bits per heavy atom. The summed E-state index contributed by atoms with van der Waals surface area (Å²) in [6.45, 7) is 0. The fourth-order valence-electron chi connectivity index (χ4n) is 3.17. The Morgan fingerprint density at radius 2 is 1.59 bits per heavy atom. The van der Waals surface area contributed by atoms with Crippen molar-refractivity contribution in [3.05, 3.63) is 77.3 Å². The van der Waals surface area contributed by atoms with Crippen molar-refractivity contribution in [2.75, 3.05) is 0 Å². The molecular formula is C22H13ClF5N3O. The monoisotopic (exact) mass is 465 g/mol. The summed E-state index contributed by atoms with van der Waals surface area (Å²) in [5, 5.41) is 4.36. The standard InChI is InChI=1S/C22H13ClF5N3O/c1-31-21(29-20(30-31)19-16(23)3-2-4-18(19)25)13-7-10-17(24)15(11-13)12-5-8-14(9-6-12)32-22(26,27)28/h2-11H,1H3. The molecule has 3 aromatic carbocycles. The zero-order chi connectivity index (χ0) is 23.0. The molecule has 0 radical (unpaired) electrons. The van der Waals surface area contributed by atoms with Crippen LogP contribution in [-0.2, 0) is 7.05 Å². The smallest absolute Gasteiger partial charge is 0.406 e. The first-order valence-corrected chi connectivity index (χ1v) is 9.52. The van der Waals surface area contributed by atoms with Gasteiger partial charge in [0.2, 0.25) is 0 Å². The quantitative estimate of drug-likeness (QED) is 0.317. The summed E-state index contributed by atoms with van der Waals surface area (Å²) in [6, 6.07) is 13.2. The molecule has 4 rings (SSSR count). The van der Waals surface area contributed by atoms with Gasteiger partial charge in [-0.1, -0.05) is 29.8 Å². The third-order valence-electron chi connectivity index (χ3n) is 4.57. The highest BCUT2D eigenvalue weighted by Crippen LogP contribution is 2.33. The first-order chi connectivity index (χ1) is 15.1. The third kappa shape index (κ3) is 4.43. The van der Waals surface area contributed by atoms with E-state index in [-0.39, 0.29) is 22.0 Å². The summed E-state index contributed by atoms with van der Waals surface area (Å²) in [7, 11) is 1.59. The van der Waals surface area contributed by atoms with Gasteiger partial charge in [0.05, 0.1) is 10.6 Å². The highest BCUT2D eigenvalue weighted by atomic mass is 35.5. The second kappa shape index (κ2) is 8.23. The van der Waals surface area contributed by atoms with E-state index in [0.717, 1.165) is 12.1 Å². The first-order valence-electron chi connectivity index (χ1n) is 9.14. The number of hydrogen-bond donors (Lipinski definition) is 0. The molecule has 0 amide bonds. The molecule has 0 bridgehead atoms. The molecule has 0 aliphatic heterocycles. The maximum absolute atomic E-state index is 14.5. The number of alkyl halides is 3. The van der Waals surface area contributed by atoms with Gasteiger partial charge in [-0.25, -0.2) is 18.4 Å². The van der Waals surface area contributed by atoms with Crippen LogP contribution in [0.15, 0.2) is 60.7 Å². The zero-order valence-electron chi connectivity index (χ0n) is 16.3. The lowest BCUT2D eigenvalue weighted by Gasteiger charge is -2.10. The summed E-state index contributed by atoms with van der Waals surface area (Å²) in [6.07, 6.45) is -4.82. The molecule has 164 valence electrons. The highest BCUT2D eigenvalue weighted by Gasteiger charge is 2.31. The molecule has 1 heterocycles. The molecule has 32 heavy (non-hydrogen) atoms. The maximum Gasteiger partial charge on any atom is 0.573 e. The van der Waals surface area contributed by atoms with Gasteiger partial charge in [-0.3, -0.25) is 0 Å². The number of halogens is 6. The number of rotatable bonds is 4. The Morgan fingerprint density at radius 1 is 0.906 bits per heavy atom. The molecule has 0 saturated heterocycles. The van der Waals surface area contributed by atoms with E-state index in [9.17, 15) is 22.0 Å². The fourth-order valence-corrected chi connectivity index (χ4v) is 3.42. The third-order valence-corrected chi connectivity index (χ3v) is 4.89. The van der Waals surface area contributed by atoms with Crippen LogP contribution in [0.4, 0.5) is 22.0 Å². The van der Waals surface area contributed by atoms with Crippen LogP contribution >= 0.6 is 11.6 Å². The summed E-state index contributed by atoms with van der Waals surface area (Å²) >= 11 is 6.09. The van der Waals surface area contributed by atoms with Gasteiger partial charge in [0.15, 0.2) is 11.6 Å². The van der Waals surface area contributed by atoms with E-state index < -0.39 is 23.7 Å². The molecule has 0 atom stereocenters. The number of nitrogens with zero attached hydrogens (tertiary/aromatic N) is 3. The van der Waals surface area contributed by atoms with Crippen LogP contribution in [0.1, 0.15) is 0 Å². The summed E-state index contributed by atoms with van der Waals surface area (Å²) in [5.74, 6) is -1.21. The first kappa shape index (κ1) is 21.8. The zero-order valence-corrected chi connectivity index (χ0v) is 17.0. The van der Waals surface area contributed by atoms with Crippen LogP contribution in [0.2, 0.25) is 5.02 Å². The molecule has 1 aromatic heterocycles. The normalized spacial score (nSPS) is 11.6. The van der Waals surface area contributed by atoms with Gasteiger partial charge in [-0.2, -0.15) is 5.10 Å². The molecule has 0 saturated carbocycles. The minimum absolute atomic E-state index is 0.0404. The summed E-state index contributed by atoms with van der Waals surface area (Å²) in [4.78, 5) is 4.35. The van der Waals surface area contributed by atoms with E-state index in [1.54, 1.807) is 7.05 Å². The van der Waals surface area contributed by atoms with Crippen molar-refractivity contribution in [1.29, 1.82) is 0 Å². The van der Waals surface area contributed by atoms with E-state index in [1.807, 2.05) is 0 Å². The van der Waals surface area contributed by atoms with E-state index >= 15 is 0 Å². The molecule has 0 fully saturated rings.